The number of likely N-dealkylation sites (N-methyl/N-ethyl adjacent to an activating group) is 1. The maximum absolute atomic E-state index is 3.57. The van der Waals surface area contributed by atoms with E-state index in [1.807, 2.05) is 0 Å². The van der Waals surface area contributed by atoms with Crippen LogP contribution in [0.4, 0.5) is 0 Å². The predicted octanol–water partition coefficient (Wildman–Crippen LogP) is 1.40. The van der Waals surface area contributed by atoms with E-state index in [0.717, 1.165) is 6.04 Å². The van der Waals surface area contributed by atoms with Crippen LogP contribution in [-0.2, 0) is 0 Å². The third-order valence-electron chi connectivity index (χ3n) is 4.35. The Morgan fingerprint density at radius 1 is 1.35 bits per heavy atom. The first-order valence-corrected chi connectivity index (χ1v) is 7.19. The summed E-state index contributed by atoms with van der Waals surface area (Å²) in [6, 6.07) is 0.795. The minimum atomic E-state index is 0.507. The molecule has 2 heterocycles. The molecule has 0 aliphatic carbocycles. The van der Waals surface area contributed by atoms with Gasteiger partial charge in [-0.25, -0.2) is 0 Å². The molecule has 2 saturated heterocycles. The highest BCUT2D eigenvalue weighted by Crippen LogP contribution is 2.30. The van der Waals surface area contributed by atoms with Gasteiger partial charge < -0.3 is 10.2 Å². The van der Waals surface area contributed by atoms with Gasteiger partial charge in [0.2, 0.25) is 0 Å². The van der Waals surface area contributed by atoms with Gasteiger partial charge in [0.15, 0.2) is 0 Å². The maximum atomic E-state index is 3.57. The summed E-state index contributed by atoms with van der Waals surface area (Å²) in [5.41, 5.74) is 0.507. The van der Waals surface area contributed by atoms with Crippen LogP contribution in [0.25, 0.3) is 0 Å². The number of hydrogen-bond donors (Lipinski definition) is 1. The number of likely N-dealkylation sites (tertiary alicyclic amines) is 1. The second kappa shape index (κ2) is 5.68. The molecule has 3 heteroatoms. The van der Waals surface area contributed by atoms with E-state index >= 15 is 0 Å². The van der Waals surface area contributed by atoms with Crippen LogP contribution >= 0.6 is 0 Å². The van der Waals surface area contributed by atoms with Crippen LogP contribution in [0.15, 0.2) is 0 Å². The fourth-order valence-electron chi connectivity index (χ4n) is 3.48. The van der Waals surface area contributed by atoms with E-state index in [-0.39, 0.29) is 0 Å². The molecule has 100 valence electrons. The Morgan fingerprint density at radius 3 is 2.82 bits per heavy atom. The van der Waals surface area contributed by atoms with Gasteiger partial charge in [-0.05, 0) is 58.3 Å². The highest BCUT2D eigenvalue weighted by atomic mass is 15.2. The summed E-state index contributed by atoms with van der Waals surface area (Å²) in [5, 5.41) is 3.57. The van der Waals surface area contributed by atoms with Crippen molar-refractivity contribution < 1.29 is 0 Å². The quantitative estimate of drug-likeness (QED) is 0.800. The van der Waals surface area contributed by atoms with E-state index < -0.39 is 0 Å². The molecule has 17 heavy (non-hydrogen) atoms. The van der Waals surface area contributed by atoms with Crippen molar-refractivity contribution in [2.75, 3.05) is 46.8 Å². The van der Waals surface area contributed by atoms with Gasteiger partial charge in [0.25, 0.3) is 0 Å². The molecule has 2 fully saturated rings. The van der Waals surface area contributed by atoms with Crippen molar-refractivity contribution in [3.05, 3.63) is 0 Å². The smallest absolute Gasteiger partial charge is 0.0223 e. The van der Waals surface area contributed by atoms with E-state index in [1.54, 1.807) is 0 Å². The third-order valence-corrected chi connectivity index (χ3v) is 4.35. The second-order valence-corrected chi connectivity index (χ2v) is 6.62. The van der Waals surface area contributed by atoms with Crippen LogP contribution in [-0.4, -0.2) is 62.7 Å². The standard InChI is InChI=1S/C14H29N3/c1-14(7-5-8-15-11-14)12-17-9-4-6-13(17)10-16(2)3/h13,15H,4-12H2,1-3H3. The molecule has 2 aliphatic heterocycles. The zero-order valence-electron chi connectivity index (χ0n) is 11.8. The summed E-state index contributed by atoms with van der Waals surface area (Å²) < 4.78 is 0. The van der Waals surface area contributed by atoms with Gasteiger partial charge >= 0.3 is 0 Å². The lowest BCUT2D eigenvalue weighted by Gasteiger charge is -2.39. The lowest BCUT2D eigenvalue weighted by atomic mass is 9.82. The molecular formula is C14H29N3. The maximum Gasteiger partial charge on any atom is 0.0223 e. The van der Waals surface area contributed by atoms with Crippen LogP contribution in [0, 0.1) is 5.41 Å². The average Bonchev–Trinajstić information content (AvgIpc) is 2.65. The van der Waals surface area contributed by atoms with Gasteiger partial charge in [0.05, 0.1) is 0 Å². The zero-order chi connectivity index (χ0) is 12.3. The Labute approximate surface area is 107 Å². The molecule has 2 aliphatic rings. The molecule has 2 unspecified atom stereocenters. The molecule has 0 spiro atoms. The van der Waals surface area contributed by atoms with Gasteiger partial charge in [-0.1, -0.05) is 6.92 Å². The van der Waals surface area contributed by atoms with Gasteiger partial charge in [-0.3, -0.25) is 4.90 Å². The molecule has 2 atom stereocenters. The summed E-state index contributed by atoms with van der Waals surface area (Å²) >= 11 is 0. The van der Waals surface area contributed by atoms with Crippen LogP contribution in [0.1, 0.15) is 32.6 Å². The fourth-order valence-corrected chi connectivity index (χ4v) is 3.48. The molecule has 1 N–H and O–H groups in total. The summed E-state index contributed by atoms with van der Waals surface area (Å²) in [4.78, 5) is 5.08. The molecule has 3 nitrogen and oxygen atoms in total. The molecule has 2 rings (SSSR count). The normalized spacial score (nSPS) is 35.6. The molecule has 0 aromatic heterocycles. The molecule has 0 aromatic carbocycles. The van der Waals surface area contributed by atoms with Crippen molar-refractivity contribution in [2.24, 2.45) is 5.41 Å². The molecule has 0 bridgehead atoms. The van der Waals surface area contributed by atoms with Crippen molar-refractivity contribution in [3.63, 3.8) is 0 Å². The van der Waals surface area contributed by atoms with Crippen molar-refractivity contribution >= 4 is 0 Å². The highest BCUT2D eigenvalue weighted by molar-refractivity contribution is 4.89. The Bertz CT molecular complexity index is 234. The van der Waals surface area contributed by atoms with E-state index in [0.29, 0.717) is 5.41 Å². The zero-order valence-corrected chi connectivity index (χ0v) is 11.8. The average molecular weight is 239 g/mol. The predicted molar refractivity (Wildman–Crippen MR) is 73.4 cm³/mol. The van der Waals surface area contributed by atoms with Gasteiger partial charge in [-0.2, -0.15) is 0 Å². The molecule has 0 amide bonds. The van der Waals surface area contributed by atoms with E-state index in [4.69, 9.17) is 0 Å². The van der Waals surface area contributed by atoms with Crippen LogP contribution in [0.5, 0.6) is 0 Å². The number of piperidine rings is 1. The first-order valence-electron chi connectivity index (χ1n) is 7.19. The van der Waals surface area contributed by atoms with Crippen molar-refractivity contribution in [2.45, 2.75) is 38.6 Å². The Hall–Kier alpha value is -0.120. The topological polar surface area (TPSA) is 18.5 Å². The van der Waals surface area contributed by atoms with Crippen LogP contribution in [0.2, 0.25) is 0 Å². The summed E-state index contributed by atoms with van der Waals surface area (Å²) in [6.45, 7) is 8.72. The molecule has 0 aromatic rings. The van der Waals surface area contributed by atoms with E-state index in [9.17, 15) is 0 Å². The lowest BCUT2D eigenvalue weighted by Crippen LogP contribution is -2.48. The monoisotopic (exact) mass is 239 g/mol. The number of hydrogen-bond acceptors (Lipinski definition) is 3. The van der Waals surface area contributed by atoms with Gasteiger partial charge in [-0.15, -0.1) is 0 Å². The van der Waals surface area contributed by atoms with Crippen molar-refractivity contribution in [1.29, 1.82) is 0 Å². The molecule has 0 radical (unpaired) electrons. The minimum absolute atomic E-state index is 0.507. The van der Waals surface area contributed by atoms with E-state index in [1.165, 1.54) is 58.4 Å². The largest absolute Gasteiger partial charge is 0.316 e. The number of nitrogens with zero attached hydrogens (tertiary/aromatic N) is 2. The minimum Gasteiger partial charge on any atom is -0.316 e. The molecule has 0 saturated carbocycles. The Balaban J connectivity index is 1.88. The van der Waals surface area contributed by atoms with Crippen molar-refractivity contribution in [1.82, 2.24) is 15.1 Å². The van der Waals surface area contributed by atoms with Gasteiger partial charge in [0, 0.05) is 25.7 Å². The number of rotatable bonds is 4. The second-order valence-electron chi connectivity index (χ2n) is 6.62. The highest BCUT2D eigenvalue weighted by Gasteiger charge is 2.33. The Kier molecular flexibility index (Phi) is 4.45. The van der Waals surface area contributed by atoms with Gasteiger partial charge in [0.1, 0.15) is 0 Å². The fraction of sp³-hybridized carbons (Fsp3) is 1.00. The first kappa shape index (κ1) is 13.3. The first-order chi connectivity index (χ1) is 8.09. The Morgan fingerprint density at radius 2 is 2.18 bits per heavy atom. The van der Waals surface area contributed by atoms with E-state index in [2.05, 4.69) is 36.1 Å². The summed E-state index contributed by atoms with van der Waals surface area (Å²) in [7, 11) is 4.39. The molecular weight excluding hydrogens is 210 g/mol. The SMILES string of the molecule is CN(C)CC1CCCN1CC1(C)CCCNC1. The van der Waals surface area contributed by atoms with Crippen molar-refractivity contribution in [3.8, 4) is 0 Å². The van der Waals surface area contributed by atoms with Crippen LogP contribution < -0.4 is 5.32 Å². The number of nitrogens with one attached hydrogen (secondary N) is 1. The summed E-state index contributed by atoms with van der Waals surface area (Å²) in [5.74, 6) is 0. The lowest BCUT2D eigenvalue weighted by molar-refractivity contribution is 0.112. The summed E-state index contributed by atoms with van der Waals surface area (Å²) in [6.07, 6.45) is 5.53. The third kappa shape index (κ3) is 3.67. The van der Waals surface area contributed by atoms with Crippen LogP contribution in [0.3, 0.4) is 0 Å².